The Bertz CT molecular complexity index is 329. The number of hydrogen-bond acceptors (Lipinski definition) is 2. The number of likely N-dealkylation sites (tertiary alicyclic amines) is 1. The molecule has 2 nitrogen and oxygen atoms in total. The average molecular weight is 205 g/mol. The van der Waals surface area contributed by atoms with Crippen molar-refractivity contribution in [1.29, 1.82) is 0 Å². The number of rotatable bonds is 3. The first-order valence-corrected chi connectivity index (χ1v) is 5.65. The van der Waals surface area contributed by atoms with Crippen LogP contribution in [0.1, 0.15) is 24.0 Å². The van der Waals surface area contributed by atoms with Gasteiger partial charge >= 0.3 is 0 Å². The van der Waals surface area contributed by atoms with Crippen molar-refractivity contribution in [2.24, 2.45) is 0 Å². The molecular weight excluding hydrogens is 186 g/mol. The van der Waals surface area contributed by atoms with Crippen LogP contribution in [0, 0.1) is 6.92 Å². The van der Waals surface area contributed by atoms with E-state index >= 15 is 0 Å². The Morgan fingerprint density at radius 3 is 2.67 bits per heavy atom. The van der Waals surface area contributed by atoms with Crippen molar-refractivity contribution in [3.63, 3.8) is 0 Å². The van der Waals surface area contributed by atoms with Crippen LogP contribution < -0.4 is 4.74 Å². The number of aryl methyl sites for hydroxylation is 1. The Balaban J connectivity index is 2.14. The highest BCUT2D eigenvalue weighted by molar-refractivity contribution is 5.36. The molecule has 1 aromatic carbocycles. The Labute approximate surface area is 91.9 Å². The van der Waals surface area contributed by atoms with Crippen molar-refractivity contribution in [1.82, 2.24) is 4.90 Å². The predicted octanol–water partition coefficient (Wildman–Crippen LogP) is 2.60. The third-order valence-corrected chi connectivity index (χ3v) is 3.03. The van der Waals surface area contributed by atoms with E-state index in [-0.39, 0.29) is 0 Å². The molecule has 0 atom stereocenters. The molecule has 0 amide bonds. The summed E-state index contributed by atoms with van der Waals surface area (Å²) in [5.74, 6) is 1.02. The quantitative estimate of drug-likeness (QED) is 0.752. The molecule has 1 saturated heterocycles. The molecule has 1 aromatic rings. The lowest BCUT2D eigenvalue weighted by Gasteiger charge is -2.17. The first-order valence-electron chi connectivity index (χ1n) is 5.65. The molecule has 1 aliphatic rings. The second-order valence-electron chi connectivity index (χ2n) is 4.30. The molecule has 1 aliphatic heterocycles. The first kappa shape index (κ1) is 10.5. The van der Waals surface area contributed by atoms with Gasteiger partial charge in [0.2, 0.25) is 0 Å². The number of ether oxygens (including phenoxy) is 1. The summed E-state index contributed by atoms with van der Waals surface area (Å²) in [4.78, 5) is 2.50. The minimum absolute atomic E-state index is 1.02. The summed E-state index contributed by atoms with van der Waals surface area (Å²) in [5.41, 5.74) is 2.63. The molecule has 0 aliphatic carbocycles. The molecule has 0 saturated carbocycles. The zero-order valence-corrected chi connectivity index (χ0v) is 9.62. The minimum Gasteiger partial charge on any atom is -0.496 e. The van der Waals surface area contributed by atoms with Crippen molar-refractivity contribution in [2.45, 2.75) is 26.3 Å². The molecule has 1 fully saturated rings. The van der Waals surface area contributed by atoms with Gasteiger partial charge in [0.25, 0.3) is 0 Å². The molecule has 0 bridgehead atoms. The summed E-state index contributed by atoms with van der Waals surface area (Å²) >= 11 is 0. The number of nitrogens with zero attached hydrogens (tertiary/aromatic N) is 1. The van der Waals surface area contributed by atoms with Gasteiger partial charge in [-0.25, -0.2) is 0 Å². The predicted molar refractivity (Wildman–Crippen MR) is 62.2 cm³/mol. The lowest BCUT2D eigenvalue weighted by molar-refractivity contribution is 0.321. The maximum absolute atomic E-state index is 5.38. The summed E-state index contributed by atoms with van der Waals surface area (Å²) in [5, 5.41) is 0. The maximum atomic E-state index is 5.38. The Morgan fingerprint density at radius 2 is 2.00 bits per heavy atom. The van der Waals surface area contributed by atoms with Gasteiger partial charge in [0.05, 0.1) is 7.11 Å². The lowest BCUT2D eigenvalue weighted by atomic mass is 10.1. The van der Waals surface area contributed by atoms with E-state index in [1.807, 2.05) is 0 Å². The smallest absolute Gasteiger partial charge is 0.123 e. The highest BCUT2D eigenvalue weighted by Crippen LogP contribution is 2.22. The molecule has 0 N–H and O–H groups in total. The second-order valence-corrected chi connectivity index (χ2v) is 4.30. The van der Waals surface area contributed by atoms with Crippen LogP contribution in [0.25, 0.3) is 0 Å². The van der Waals surface area contributed by atoms with E-state index in [0.29, 0.717) is 0 Å². The maximum Gasteiger partial charge on any atom is 0.123 e. The summed E-state index contributed by atoms with van der Waals surface area (Å²) in [6.07, 6.45) is 2.68. The number of benzene rings is 1. The largest absolute Gasteiger partial charge is 0.496 e. The Hall–Kier alpha value is -1.02. The van der Waals surface area contributed by atoms with Crippen LogP contribution >= 0.6 is 0 Å². The molecule has 2 heteroatoms. The van der Waals surface area contributed by atoms with E-state index in [1.54, 1.807) is 7.11 Å². The Morgan fingerprint density at radius 1 is 1.27 bits per heavy atom. The van der Waals surface area contributed by atoms with Gasteiger partial charge in [-0.15, -0.1) is 0 Å². The summed E-state index contributed by atoms with van der Waals surface area (Å²) < 4.78 is 5.38. The van der Waals surface area contributed by atoms with Gasteiger partial charge in [-0.3, -0.25) is 4.90 Å². The van der Waals surface area contributed by atoms with Gasteiger partial charge in [0.15, 0.2) is 0 Å². The summed E-state index contributed by atoms with van der Waals surface area (Å²) in [7, 11) is 1.75. The molecule has 82 valence electrons. The topological polar surface area (TPSA) is 12.5 Å². The molecule has 0 unspecified atom stereocenters. The fourth-order valence-corrected chi connectivity index (χ4v) is 2.21. The van der Waals surface area contributed by atoms with Gasteiger partial charge in [-0.1, -0.05) is 17.7 Å². The zero-order chi connectivity index (χ0) is 10.7. The highest BCUT2D eigenvalue weighted by Gasteiger charge is 2.13. The Kier molecular flexibility index (Phi) is 3.27. The van der Waals surface area contributed by atoms with E-state index in [1.165, 1.54) is 37.1 Å². The number of hydrogen-bond donors (Lipinski definition) is 0. The van der Waals surface area contributed by atoms with Crippen LogP contribution in [0.4, 0.5) is 0 Å². The van der Waals surface area contributed by atoms with Crippen molar-refractivity contribution in [3.05, 3.63) is 29.3 Å². The molecule has 1 heterocycles. The van der Waals surface area contributed by atoms with Crippen molar-refractivity contribution >= 4 is 0 Å². The van der Waals surface area contributed by atoms with Gasteiger partial charge < -0.3 is 4.74 Å². The first-order chi connectivity index (χ1) is 7.29. The van der Waals surface area contributed by atoms with Crippen LogP contribution in [0.3, 0.4) is 0 Å². The van der Waals surface area contributed by atoms with Crippen LogP contribution in [-0.2, 0) is 6.54 Å². The van der Waals surface area contributed by atoms with E-state index in [4.69, 9.17) is 4.74 Å². The van der Waals surface area contributed by atoms with Crippen molar-refractivity contribution < 1.29 is 4.74 Å². The van der Waals surface area contributed by atoms with E-state index in [2.05, 4.69) is 30.0 Å². The molecule has 0 aromatic heterocycles. The molecule has 2 rings (SSSR count). The third-order valence-electron chi connectivity index (χ3n) is 3.03. The van der Waals surface area contributed by atoms with Crippen LogP contribution in [-0.4, -0.2) is 25.1 Å². The molecule has 0 spiro atoms. The third kappa shape index (κ3) is 2.51. The molecule has 0 radical (unpaired) electrons. The van der Waals surface area contributed by atoms with E-state index in [0.717, 1.165) is 12.3 Å². The lowest BCUT2D eigenvalue weighted by Crippen LogP contribution is -2.18. The molecule has 15 heavy (non-hydrogen) atoms. The SMILES string of the molecule is COc1ccc(C)cc1CN1CCCC1. The zero-order valence-electron chi connectivity index (χ0n) is 9.62. The van der Waals surface area contributed by atoms with Gasteiger partial charge in [0.1, 0.15) is 5.75 Å². The monoisotopic (exact) mass is 205 g/mol. The normalized spacial score (nSPS) is 16.9. The van der Waals surface area contributed by atoms with E-state index in [9.17, 15) is 0 Å². The van der Waals surface area contributed by atoms with Gasteiger partial charge in [-0.05, 0) is 38.9 Å². The average Bonchev–Trinajstić information content (AvgIpc) is 2.71. The summed E-state index contributed by atoms with van der Waals surface area (Å²) in [6, 6.07) is 6.41. The van der Waals surface area contributed by atoms with Gasteiger partial charge in [0, 0.05) is 12.1 Å². The van der Waals surface area contributed by atoms with Crippen LogP contribution in [0.15, 0.2) is 18.2 Å². The fourth-order valence-electron chi connectivity index (χ4n) is 2.21. The molecular formula is C13H19NO. The highest BCUT2D eigenvalue weighted by atomic mass is 16.5. The van der Waals surface area contributed by atoms with E-state index < -0.39 is 0 Å². The van der Waals surface area contributed by atoms with Crippen LogP contribution in [0.5, 0.6) is 5.75 Å². The van der Waals surface area contributed by atoms with Crippen molar-refractivity contribution in [2.75, 3.05) is 20.2 Å². The van der Waals surface area contributed by atoms with Crippen LogP contribution in [0.2, 0.25) is 0 Å². The second kappa shape index (κ2) is 4.67. The fraction of sp³-hybridized carbons (Fsp3) is 0.538. The van der Waals surface area contributed by atoms with Crippen molar-refractivity contribution in [3.8, 4) is 5.75 Å². The van der Waals surface area contributed by atoms with Gasteiger partial charge in [-0.2, -0.15) is 0 Å². The minimum atomic E-state index is 1.02. The standard InChI is InChI=1S/C13H19NO/c1-11-5-6-13(15-2)12(9-11)10-14-7-3-4-8-14/h5-6,9H,3-4,7-8,10H2,1-2H3. The summed E-state index contributed by atoms with van der Waals surface area (Å²) in [6.45, 7) is 5.63. The number of methoxy groups -OCH3 is 1.